The zero-order valence-electron chi connectivity index (χ0n) is 18.0. The van der Waals surface area contributed by atoms with Crippen molar-refractivity contribution in [3.8, 4) is 5.75 Å². The number of aromatic nitrogens is 2. The molecule has 1 aliphatic heterocycles. The van der Waals surface area contributed by atoms with Crippen molar-refractivity contribution in [3.63, 3.8) is 0 Å². The van der Waals surface area contributed by atoms with Gasteiger partial charge in [0.15, 0.2) is 11.6 Å². The Morgan fingerprint density at radius 2 is 2.09 bits per heavy atom. The lowest BCUT2D eigenvalue weighted by atomic mass is 10.1. The molecule has 3 amide bonds. The van der Waals surface area contributed by atoms with Crippen LogP contribution in [0.15, 0.2) is 30.5 Å². The average Bonchev–Trinajstić information content (AvgIpc) is 3.51. The summed E-state index contributed by atoms with van der Waals surface area (Å²) in [6, 6.07) is 4.66. The molecule has 1 aromatic heterocycles. The van der Waals surface area contributed by atoms with Crippen molar-refractivity contribution in [2.24, 2.45) is 5.92 Å². The highest BCUT2D eigenvalue weighted by Gasteiger charge is 2.27. The molecule has 4 rings (SSSR count). The van der Waals surface area contributed by atoms with Gasteiger partial charge in [0, 0.05) is 12.6 Å². The van der Waals surface area contributed by atoms with E-state index in [2.05, 4.69) is 20.2 Å². The first-order valence-corrected chi connectivity index (χ1v) is 12.2. The predicted octanol–water partition coefficient (Wildman–Crippen LogP) is 1.64. The Labute approximate surface area is 190 Å². The van der Waals surface area contributed by atoms with Crippen LogP contribution in [-0.2, 0) is 27.1 Å². The van der Waals surface area contributed by atoms with E-state index in [1.54, 1.807) is 6.92 Å². The highest BCUT2D eigenvalue weighted by atomic mass is 32.2. The number of rotatable bonds is 10. The van der Waals surface area contributed by atoms with Gasteiger partial charge in [-0.2, -0.15) is 10.2 Å². The summed E-state index contributed by atoms with van der Waals surface area (Å²) in [5.41, 5.74) is 1.30. The first kappa shape index (κ1) is 23.1. The third kappa shape index (κ3) is 6.23. The van der Waals surface area contributed by atoms with Crippen molar-refractivity contribution in [1.29, 1.82) is 0 Å². The van der Waals surface area contributed by atoms with Crippen molar-refractivity contribution < 1.29 is 27.1 Å². The number of ether oxygens (including phenoxy) is 1. The van der Waals surface area contributed by atoms with Crippen LogP contribution in [0.1, 0.15) is 42.6 Å². The molecule has 2 aromatic rings. The normalized spacial score (nSPS) is 17.2. The van der Waals surface area contributed by atoms with E-state index in [0.717, 1.165) is 12.8 Å². The number of nitrogens with zero attached hydrogens (tertiary/aromatic N) is 3. The maximum absolute atomic E-state index is 14.0. The van der Waals surface area contributed by atoms with E-state index < -0.39 is 39.6 Å². The lowest BCUT2D eigenvalue weighted by Crippen LogP contribution is -2.29. The van der Waals surface area contributed by atoms with Gasteiger partial charge in [-0.1, -0.05) is 6.07 Å². The van der Waals surface area contributed by atoms with Gasteiger partial charge in [-0.3, -0.25) is 10.1 Å². The fourth-order valence-corrected chi connectivity index (χ4v) is 4.70. The summed E-state index contributed by atoms with van der Waals surface area (Å²) in [7, 11) is -3.82. The van der Waals surface area contributed by atoms with Gasteiger partial charge in [0.25, 0.3) is 0 Å². The third-order valence-electron chi connectivity index (χ3n) is 5.32. The second kappa shape index (κ2) is 9.40. The number of carbonyl (C=O) groups excluding carboxylic acids is 2. The van der Waals surface area contributed by atoms with Gasteiger partial charge in [0.1, 0.15) is 12.3 Å². The lowest BCUT2D eigenvalue weighted by molar-refractivity contribution is -0.118. The molecule has 2 N–H and O–H groups in total. The number of halogens is 1. The fraction of sp³-hybridized carbons (Fsp3) is 0.429. The minimum Gasteiger partial charge on any atom is -0.490 e. The lowest BCUT2D eigenvalue weighted by Gasteiger charge is -2.16. The number of hydrogen-bond donors (Lipinski definition) is 2. The Hall–Kier alpha value is -3.12. The van der Waals surface area contributed by atoms with E-state index in [0.29, 0.717) is 23.7 Å². The monoisotopic (exact) mass is 477 g/mol. The van der Waals surface area contributed by atoms with Crippen LogP contribution >= 0.6 is 0 Å². The largest absolute Gasteiger partial charge is 0.490 e. The second-order valence-corrected chi connectivity index (χ2v) is 10.1. The highest BCUT2D eigenvalue weighted by molar-refractivity contribution is 7.88. The number of hydrogen-bond acceptors (Lipinski definition) is 7. The van der Waals surface area contributed by atoms with Gasteiger partial charge in [0.05, 0.1) is 18.5 Å². The molecule has 0 spiro atoms. The van der Waals surface area contributed by atoms with Crippen LogP contribution in [0.4, 0.5) is 9.18 Å². The predicted molar refractivity (Wildman–Crippen MR) is 115 cm³/mol. The van der Waals surface area contributed by atoms with E-state index in [-0.39, 0.29) is 24.5 Å². The van der Waals surface area contributed by atoms with E-state index in [4.69, 9.17) is 4.74 Å². The summed E-state index contributed by atoms with van der Waals surface area (Å²) in [5, 5.41) is 9.84. The summed E-state index contributed by atoms with van der Waals surface area (Å²) >= 11 is 0. The Morgan fingerprint density at radius 1 is 1.30 bits per heavy atom. The van der Waals surface area contributed by atoms with Crippen LogP contribution in [-0.4, -0.2) is 48.6 Å². The first-order valence-electron chi connectivity index (χ1n) is 10.5. The molecule has 10 nitrogen and oxygen atoms in total. The Kier molecular flexibility index (Phi) is 6.56. The standard InChI is InChI=1S/C21H24FN5O5S/c1-13(16-4-5-18(22)19(7-16)32-11-14-2-3-14)26-33(30,31)12-17-6-15(8-23-25-17)9-27-10-20(28)24-21(27)29/h4-8,13-14,26H,2-3,9-12H2,1H3,(H,24,28,29)/t13-/m1/s1. The molecule has 1 aliphatic carbocycles. The average molecular weight is 478 g/mol. The van der Waals surface area contributed by atoms with Gasteiger partial charge in [0.2, 0.25) is 15.9 Å². The molecule has 0 radical (unpaired) electrons. The highest BCUT2D eigenvalue weighted by Crippen LogP contribution is 2.31. The summed E-state index contributed by atoms with van der Waals surface area (Å²) in [5.74, 6) is -0.760. The molecule has 12 heteroatoms. The summed E-state index contributed by atoms with van der Waals surface area (Å²) in [6.45, 7) is 2.13. The van der Waals surface area contributed by atoms with Crippen molar-refractivity contribution in [2.45, 2.75) is 38.1 Å². The minimum absolute atomic E-state index is 0.0715. The van der Waals surface area contributed by atoms with Crippen LogP contribution in [0.5, 0.6) is 5.75 Å². The van der Waals surface area contributed by atoms with E-state index in [1.165, 1.54) is 35.4 Å². The molecule has 1 atom stereocenters. The van der Waals surface area contributed by atoms with Crippen molar-refractivity contribution >= 4 is 22.0 Å². The van der Waals surface area contributed by atoms with E-state index in [9.17, 15) is 22.4 Å². The number of amides is 3. The maximum Gasteiger partial charge on any atom is 0.324 e. The molecule has 2 fully saturated rings. The first-order chi connectivity index (χ1) is 15.7. The van der Waals surface area contributed by atoms with Gasteiger partial charge in [-0.15, -0.1) is 0 Å². The molecule has 2 heterocycles. The number of sulfonamides is 1. The van der Waals surface area contributed by atoms with Crippen LogP contribution in [0, 0.1) is 11.7 Å². The molecule has 1 saturated heterocycles. The van der Waals surface area contributed by atoms with Crippen LogP contribution in [0.25, 0.3) is 0 Å². The maximum atomic E-state index is 14.0. The second-order valence-electron chi connectivity index (χ2n) is 8.31. The Morgan fingerprint density at radius 3 is 2.79 bits per heavy atom. The molecule has 176 valence electrons. The van der Waals surface area contributed by atoms with Crippen molar-refractivity contribution in [2.75, 3.05) is 13.2 Å². The van der Waals surface area contributed by atoms with E-state index in [1.807, 2.05) is 0 Å². The Bertz CT molecular complexity index is 1170. The van der Waals surface area contributed by atoms with Crippen LogP contribution in [0.2, 0.25) is 0 Å². The Balaban J connectivity index is 1.39. The minimum atomic E-state index is -3.82. The number of nitrogens with one attached hydrogen (secondary N) is 2. The number of carbonyl (C=O) groups is 2. The summed E-state index contributed by atoms with van der Waals surface area (Å²) < 4.78 is 47.5. The summed E-state index contributed by atoms with van der Waals surface area (Å²) in [4.78, 5) is 24.3. The molecule has 33 heavy (non-hydrogen) atoms. The van der Waals surface area contributed by atoms with E-state index >= 15 is 0 Å². The van der Waals surface area contributed by atoms with Crippen molar-refractivity contribution in [1.82, 2.24) is 25.1 Å². The third-order valence-corrected chi connectivity index (χ3v) is 6.71. The SMILES string of the molecule is C[C@@H](NS(=O)(=O)Cc1cc(CN2CC(=O)NC2=O)cnn1)c1ccc(F)c(OCC2CC2)c1. The summed E-state index contributed by atoms with van der Waals surface area (Å²) in [6.07, 6.45) is 3.56. The van der Waals surface area contributed by atoms with Crippen molar-refractivity contribution in [3.05, 3.63) is 53.1 Å². The zero-order valence-corrected chi connectivity index (χ0v) is 18.8. The topological polar surface area (TPSA) is 131 Å². The van der Waals surface area contributed by atoms with Crippen LogP contribution in [0.3, 0.4) is 0 Å². The number of benzene rings is 1. The molecular formula is C21H24FN5O5S. The molecule has 2 aliphatic rings. The number of imide groups is 1. The molecule has 0 unspecified atom stereocenters. The van der Waals surface area contributed by atoms with Gasteiger partial charge in [-0.05, 0) is 55.0 Å². The quantitative estimate of drug-likeness (QED) is 0.498. The fourth-order valence-electron chi connectivity index (χ4n) is 3.41. The van der Waals surface area contributed by atoms with Gasteiger partial charge < -0.3 is 9.64 Å². The number of urea groups is 1. The molecule has 0 bridgehead atoms. The molecule has 1 aromatic carbocycles. The van der Waals surface area contributed by atoms with Gasteiger partial charge >= 0.3 is 6.03 Å². The zero-order chi connectivity index (χ0) is 23.6. The molecular weight excluding hydrogens is 453 g/mol. The van der Waals surface area contributed by atoms with Gasteiger partial charge in [-0.25, -0.2) is 22.3 Å². The smallest absolute Gasteiger partial charge is 0.324 e. The van der Waals surface area contributed by atoms with Crippen LogP contribution < -0.4 is 14.8 Å². The molecule has 1 saturated carbocycles.